The predicted octanol–water partition coefficient (Wildman–Crippen LogP) is 3.24. The topological polar surface area (TPSA) is 58.2 Å². The third-order valence-electron chi connectivity index (χ3n) is 2.53. The van der Waals surface area contributed by atoms with Crippen LogP contribution in [0.25, 0.3) is 0 Å². The monoisotopic (exact) mass is 358 g/mol. The summed E-state index contributed by atoms with van der Waals surface area (Å²) < 4.78 is 13.4. The van der Waals surface area contributed by atoms with Crippen LogP contribution in [-0.4, -0.2) is 17.6 Å². The molecule has 0 aliphatic rings. The average Bonchev–Trinajstić information content (AvgIpc) is 2.91. The van der Waals surface area contributed by atoms with Gasteiger partial charge >= 0.3 is 0 Å². The normalized spacial score (nSPS) is 10.3. The molecule has 2 amide bonds. The zero-order chi connectivity index (χ0) is 15.9. The number of thiophene rings is 1. The molecule has 22 heavy (non-hydrogen) atoms. The van der Waals surface area contributed by atoms with Gasteiger partial charge < -0.3 is 0 Å². The van der Waals surface area contributed by atoms with Crippen molar-refractivity contribution in [1.29, 1.82) is 0 Å². The fourth-order valence-electron chi connectivity index (χ4n) is 1.51. The number of rotatable bonds is 5. The Hall–Kier alpha value is -1.57. The van der Waals surface area contributed by atoms with Crippen LogP contribution in [0, 0.1) is 5.82 Å². The molecule has 2 rings (SSSR count). The molecule has 116 valence electrons. The third kappa shape index (κ3) is 5.32. The second kappa shape index (κ2) is 8.17. The number of carbonyl (C=O) groups excluding carboxylic acids is 2. The summed E-state index contributed by atoms with van der Waals surface area (Å²) in [5.41, 5.74) is 4.86. The summed E-state index contributed by atoms with van der Waals surface area (Å²) in [5, 5.41) is 0. The van der Waals surface area contributed by atoms with Crippen molar-refractivity contribution in [1.82, 2.24) is 10.9 Å². The molecular weight excluding hydrogens is 347 g/mol. The standard InChI is InChI=1S/C14H12ClFN2O2S2/c15-12-6-5-11(22-12)7-21-8-13(19)17-18-14(20)9-1-3-10(16)4-2-9/h1-6H,7-8H2,(H,17,19)(H,18,20). The average molecular weight is 359 g/mol. The molecule has 0 radical (unpaired) electrons. The Bertz CT molecular complexity index is 661. The van der Waals surface area contributed by atoms with Crippen LogP contribution in [0.1, 0.15) is 15.2 Å². The van der Waals surface area contributed by atoms with Gasteiger partial charge in [-0.3, -0.25) is 20.4 Å². The van der Waals surface area contributed by atoms with Crippen molar-refractivity contribution in [2.75, 3.05) is 5.75 Å². The number of benzene rings is 1. The number of halogens is 2. The van der Waals surface area contributed by atoms with Gasteiger partial charge in [-0.15, -0.1) is 23.1 Å². The quantitative estimate of drug-likeness (QED) is 0.807. The van der Waals surface area contributed by atoms with E-state index in [0.717, 1.165) is 4.88 Å². The highest BCUT2D eigenvalue weighted by Gasteiger charge is 2.08. The minimum atomic E-state index is -0.497. The van der Waals surface area contributed by atoms with Gasteiger partial charge in [0, 0.05) is 16.2 Å². The van der Waals surface area contributed by atoms with Gasteiger partial charge in [-0.05, 0) is 36.4 Å². The smallest absolute Gasteiger partial charge is 0.269 e. The zero-order valence-corrected chi connectivity index (χ0v) is 13.7. The molecule has 2 aromatic rings. The molecule has 4 nitrogen and oxygen atoms in total. The summed E-state index contributed by atoms with van der Waals surface area (Å²) in [7, 11) is 0. The molecule has 1 heterocycles. The zero-order valence-electron chi connectivity index (χ0n) is 11.3. The van der Waals surface area contributed by atoms with E-state index in [0.29, 0.717) is 10.1 Å². The fraction of sp³-hybridized carbons (Fsp3) is 0.143. The van der Waals surface area contributed by atoms with Crippen molar-refractivity contribution < 1.29 is 14.0 Å². The maximum atomic E-state index is 12.7. The molecule has 0 aliphatic heterocycles. The summed E-state index contributed by atoms with van der Waals surface area (Å²) in [6.07, 6.45) is 0. The van der Waals surface area contributed by atoms with Gasteiger partial charge in [0.05, 0.1) is 10.1 Å². The maximum absolute atomic E-state index is 12.7. The van der Waals surface area contributed by atoms with Crippen LogP contribution in [0.3, 0.4) is 0 Å². The van der Waals surface area contributed by atoms with Crippen LogP contribution in [-0.2, 0) is 10.5 Å². The molecule has 1 aromatic carbocycles. The Morgan fingerprint density at radius 1 is 1.14 bits per heavy atom. The lowest BCUT2D eigenvalue weighted by Crippen LogP contribution is -2.42. The first-order chi connectivity index (χ1) is 10.5. The minimum Gasteiger partial charge on any atom is -0.272 e. The maximum Gasteiger partial charge on any atom is 0.269 e. The van der Waals surface area contributed by atoms with E-state index in [1.165, 1.54) is 47.4 Å². The van der Waals surface area contributed by atoms with Crippen molar-refractivity contribution in [2.24, 2.45) is 0 Å². The molecule has 0 saturated carbocycles. The minimum absolute atomic E-state index is 0.208. The number of amides is 2. The van der Waals surface area contributed by atoms with E-state index in [4.69, 9.17) is 11.6 Å². The lowest BCUT2D eigenvalue weighted by atomic mass is 10.2. The number of hydrazine groups is 1. The molecule has 8 heteroatoms. The second-order valence-electron chi connectivity index (χ2n) is 4.21. The number of thioether (sulfide) groups is 1. The van der Waals surface area contributed by atoms with Gasteiger partial charge in [-0.25, -0.2) is 4.39 Å². The summed E-state index contributed by atoms with van der Waals surface area (Å²) in [5.74, 6) is -0.354. The van der Waals surface area contributed by atoms with Crippen LogP contribution in [0.15, 0.2) is 36.4 Å². The highest BCUT2D eigenvalue weighted by Crippen LogP contribution is 2.24. The molecular formula is C14H12ClFN2O2S2. The predicted molar refractivity (Wildman–Crippen MR) is 87.5 cm³/mol. The Labute approximate surface area is 140 Å². The Morgan fingerprint density at radius 3 is 2.50 bits per heavy atom. The van der Waals surface area contributed by atoms with Crippen molar-refractivity contribution in [3.63, 3.8) is 0 Å². The number of nitrogens with one attached hydrogen (secondary N) is 2. The molecule has 0 aliphatic carbocycles. The van der Waals surface area contributed by atoms with Gasteiger partial charge in [-0.2, -0.15) is 0 Å². The van der Waals surface area contributed by atoms with Crippen LogP contribution in [0.2, 0.25) is 4.34 Å². The number of carbonyl (C=O) groups is 2. The van der Waals surface area contributed by atoms with E-state index in [1.54, 1.807) is 0 Å². The first-order valence-corrected chi connectivity index (χ1v) is 8.56. The number of hydrogen-bond acceptors (Lipinski definition) is 4. The van der Waals surface area contributed by atoms with Crippen molar-refractivity contribution >= 4 is 46.5 Å². The fourth-order valence-corrected chi connectivity index (χ4v) is 3.54. The third-order valence-corrected chi connectivity index (χ3v) is 4.92. The molecule has 0 spiro atoms. The molecule has 0 unspecified atom stereocenters. The SMILES string of the molecule is O=C(CSCc1ccc(Cl)s1)NNC(=O)c1ccc(F)cc1. The lowest BCUT2D eigenvalue weighted by molar-refractivity contribution is -0.119. The first kappa shape index (κ1) is 16.8. The Balaban J connectivity index is 1.68. The number of hydrogen-bond donors (Lipinski definition) is 2. The van der Waals surface area contributed by atoms with Gasteiger partial charge in [-0.1, -0.05) is 11.6 Å². The van der Waals surface area contributed by atoms with Crippen LogP contribution in [0.4, 0.5) is 4.39 Å². The van der Waals surface area contributed by atoms with Crippen molar-refractivity contribution in [3.05, 3.63) is 57.0 Å². The highest BCUT2D eigenvalue weighted by atomic mass is 35.5. The lowest BCUT2D eigenvalue weighted by Gasteiger charge is -2.07. The molecule has 0 bridgehead atoms. The molecule has 1 aromatic heterocycles. The van der Waals surface area contributed by atoms with Crippen molar-refractivity contribution in [2.45, 2.75) is 5.75 Å². The molecule has 0 saturated heterocycles. The van der Waals surface area contributed by atoms with Gasteiger partial charge in [0.25, 0.3) is 5.91 Å². The van der Waals surface area contributed by atoms with E-state index < -0.39 is 11.7 Å². The van der Waals surface area contributed by atoms with E-state index in [-0.39, 0.29) is 17.2 Å². The van der Waals surface area contributed by atoms with E-state index >= 15 is 0 Å². The van der Waals surface area contributed by atoms with Crippen LogP contribution < -0.4 is 10.9 Å². The summed E-state index contributed by atoms with van der Waals surface area (Å²) in [6.45, 7) is 0. The summed E-state index contributed by atoms with van der Waals surface area (Å²) in [6, 6.07) is 8.76. The van der Waals surface area contributed by atoms with E-state index in [1.807, 2.05) is 12.1 Å². The second-order valence-corrected chi connectivity index (χ2v) is 6.99. The van der Waals surface area contributed by atoms with Gasteiger partial charge in [0.2, 0.25) is 5.91 Å². The highest BCUT2D eigenvalue weighted by molar-refractivity contribution is 7.99. The summed E-state index contributed by atoms with van der Waals surface area (Å²) in [4.78, 5) is 24.4. The van der Waals surface area contributed by atoms with Crippen LogP contribution >= 0.6 is 34.7 Å². The van der Waals surface area contributed by atoms with Gasteiger partial charge in [0.1, 0.15) is 5.82 Å². The summed E-state index contributed by atoms with van der Waals surface area (Å²) >= 11 is 8.70. The van der Waals surface area contributed by atoms with E-state index in [9.17, 15) is 14.0 Å². The largest absolute Gasteiger partial charge is 0.272 e. The first-order valence-electron chi connectivity index (χ1n) is 6.21. The Morgan fingerprint density at radius 2 is 1.86 bits per heavy atom. The van der Waals surface area contributed by atoms with Crippen molar-refractivity contribution in [3.8, 4) is 0 Å². The van der Waals surface area contributed by atoms with Gasteiger partial charge in [0.15, 0.2) is 0 Å². The van der Waals surface area contributed by atoms with E-state index in [2.05, 4.69) is 10.9 Å². The molecule has 0 atom stereocenters. The Kier molecular flexibility index (Phi) is 6.23. The molecule has 0 fully saturated rings. The molecule has 2 N–H and O–H groups in total. The van der Waals surface area contributed by atoms with Crippen LogP contribution in [0.5, 0.6) is 0 Å².